The number of hydrogen-bond acceptors (Lipinski definition) is 0. The fraction of sp³-hybridized carbons (Fsp3) is 0.455. The lowest BCUT2D eigenvalue weighted by Gasteiger charge is -2.10. The Hall–Kier alpha value is -0.630. The zero-order valence-corrected chi connectivity index (χ0v) is 8.82. The summed E-state index contributed by atoms with van der Waals surface area (Å²) < 4.78 is 25.4. The SMILES string of the molecule is Cc1cccc(CCCCl)c1C(F)F. The van der Waals surface area contributed by atoms with Crippen LogP contribution in [0.15, 0.2) is 18.2 Å². The molecule has 14 heavy (non-hydrogen) atoms. The van der Waals surface area contributed by atoms with E-state index in [0.717, 1.165) is 12.0 Å². The molecule has 0 aromatic heterocycles. The highest BCUT2D eigenvalue weighted by atomic mass is 35.5. The Bertz CT molecular complexity index is 297. The van der Waals surface area contributed by atoms with E-state index in [2.05, 4.69) is 0 Å². The van der Waals surface area contributed by atoms with Gasteiger partial charge in [-0.1, -0.05) is 18.2 Å². The van der Waals surface area contributed by atoms with Crippen molar-refractivity contribution in [2.45, 2.75) is 26.2 Å². The summed E-state index contributed by atoms with van der Waals surface area (Å²) >= 11 is 5.54. The van der Waals surface area contributed by atoms with E-state index in [4.69, 9.17) is 11.6 Å². The minimum absolute atomic E-state index is 0.178. The van der Waals surface area contributed by atoms with Gasteiger partial charge in [0.1, 0.15) is 0 Å². The maximum Gasteiger partial charge on any atom is 0.264 e. The molecule has 0 radical (unpaired) electrons. The maximum absolute atomic E-state index is 12.7. The van der Waals surface area contributed by atoms with Crippen LogP contribution in [-0.2, 0) is 6.42 Å². The average molecular weight is 219 g/mol. The van der Waals surface area contributed by atoms with Crippen LogP contribution in [0, 0.1) is 6.92 Å². The van der Waals surface area contributed by atoms with Crippen molar-refractivity contribution in [1.82, 2.24) is 0 Å². The number of aryl methyl sites for hydroxylation is 2. The van der Waals surface area contributed by atoms with Gasteiger partial charge in [0.05, 0.1) is 0 Å². The summed E-state index contributed by atoms with van der Waals surface area (Å²) in [5, 5.41) is 0. The Morgan fingerprint density at radius 2 is 2.07 bits per heavy atom. The van der Waals surface area contributed by atoms with E-state index in [1.807, 2.05) is 6.07 Å². The normalized spacial score (nSPS) is 10.9. The molecule has 1 aromatic carbocycles. The van der Waals surface area contributed by atoms with Crippen molar-refractivity contribution in [2.24, 2.45) is 0 Å². The molecule has 0 aliphatic heterocycles. The Morgan fingerprint density at radius 1 is 1.36 bits per heavy atom. The van der Waals surface area contributed by atoms with Gasteiger partial charge in [0, 0.05) is 11.4 Å². The van der Waals surface area contributed by atoms with Gasteiger partial charge in [0.25, 0.3) is 6.43 Å². The third-order valence-corrected chi connectivity index (χ3v) is 2.48. The summed E-state index contributed by atoms with van der Waals surface area (Å²) in [6.45, 7) is 1.71. The molecule has 0 saturated heterocycles. The van der Waals surface area contributed by atoms with Crippen molar-refractivity contribution in [2.75, 3.05) is 5.88 Å². The first-order valence-electron chi connectivity index (χ1n) is 4.59. The molecule has 3 heteroatoms. The predicted octanol–water partition coefficient (Wildman–Crippen LogP) is 4.10. The van der Waals surface area contributed by atoms with Gasteiger partial charge < -0.3 is 0 Å². The Morgan fingerprint density at radius 3 is 2.64 bits per heavy atom. The van der Waals surface area contributed by atoms with Crippen molar-refractivity contribution in [3.8, 4) is 0 Å². The van der Waals surface area contributed by atoms with Gasteiger partial charge in [-0.05, 0) is 30.9 Å². The number of hydrogen-bond donors (Lipinski definition) is 0. The topological polar surface area (TPSA) is 0 Å². The van der Waals surface area contributed by atoms with E-state index in [9.17, 15) is 8.78 Å². The molecule has 0 aliphatic carbocycles. The Kier molecular flexibility index (Phi) is 4.33. The lowest BCUT2D eigenvalue weighted by Crippen LogP contribution is -1.98. The quantitative estimate of drug-likeness (QED) is 0.668. The van der Waals surface area contributed by atoms with E-state index in [1.54, 1.807) is 19.1 Å². The van der Waals surface area contributed by atoms with Gasteiger partial charge in [0.2, 0.25) is 0 Å². The molecule has 78 valence electrons. The average Bonchev–Trinajstić information content (AvgIpc) is 2.14. The van der Waals surface area contributed by atoms with Crippen LogP contribution in [0.25, 0.3) is 0 Å². The molecule has 1 aromatic rings. The van der Waals surface area contributed by atoms with Gasteiger partial charge >= 0.3 is 0 Å². The van der Waals surface area contributed by atoms with E-state index in [0.29, 0.717) is 17.9 Å². The van der Waals surface area contributed by atoms with Crippen LogP contribution < -0.4 is 0 Å². The van der Waals surface area contributed by atoms with Gasteiger partial charge in [-0.15, -0.1) is 11.6 Å². The fourth-order valence-electron chi connectivity index (χ4n) is 1.53. The smallest absolute Gasteiger partial charge is 0.205 e. The summed E-state index contributed by atoms with van der Waals surface area (Å²) in [5.41, 5.74) is 1.56. The Labute approximate surface area is 87.9 Å². The van der Waals surface area contributed by atoms with Gasteiger partial charge in [-0.25, -0.2) is 8.78 Å². The van der Waals surface area contributed by atoms with Crippen LogP contribution in [0.2, 0.25) is 0 Å². The van der Waals surface area contributed by atoms with Crippen LogP contribution in [0.4, 0.5) is 8.78 Å². The molecular weight excluding hydrogens is 206 g/mol. The minimum atomic E-state index is -2.39. The predicted molar refractivity (Wildman–Crippen MR) is 55.2 cm³/mol. The van der Waals surface area contributed by atoms with E-state index in [1.165, 1.54) is 0 Å². The molecular formula is C11H13ClF2. The van der Waals surface area contributed by atoms with Crippen molar-refractivity contribution < 1.29 is 8.78 Å². The van der Waals surface area contributed by atoms with Crippen LogP contribution in [0.1, 0.15) is 29.5 Å². The molecule has 0 amide bonds. The van der Waals surface area contributed by atoms with Crippen LogP contribution in [0.5, 0.6) is 0 Å². The standard InChI is InChI=1S/C11H13ClF2/c1-8-4-2-5-9(6-3-7-12)10(8)11(13)14/h2,4-5,11H,3,6-7H2,1H3. The third-order valence-electron chi connectivity index (χ3n) is 2.21. The summed E-state index contributed by atoms with van der Waals surface area (Å²) in [6.07, 6.45) is -1.02. The van der Waals surface area contributed by atoms with Gasteiger partial charge in [-0.3, -0.25) is 0 Å². The fourth-order valence-corrected chi connectivity index (χ4v) is 1.66. The monoisotopic (exact) mass is 218 g/mol. The zero-order chi connectivity index (χ0) is 10.6. The van der Waals surface area contributed by atoms with Crippen LogP contribution >= 0.6 is 11.6 Å². The lowest BCUT2D eigenvalue weighted by atomic mass is 9.99. The number of alkyl halides is 3. The van der Waals surface area contributed by atoms with Gasteiger partial charge in [-0.2, -0.15) is 0 Å². The molecule has 0 aliphatic rings. The molecule has 1 rings (SSSR count). The summed E-state index contributed by atoms with van der Waals surface area (Å²) in [5.74, 6) is 0.511. The van der Waals surface area contributed by atoms with Crippen LogP contribution in [0.3, 0.4) is 0 Å². The largest absolute Gasteiger partial charge is 0.264 e. The lowest BCUT2D eigenvalue weighted by molar-refractivity contribution is 0.149. The second-order valence-electron chi connectivity index (χ2n) is 3.24. The highest BCUT2D eigenvalue weighted by Crippen LogP contribution is 2.27. The zero-order valence-electron chi connectivity index (χ0n) is 8.06. The highest BCUT2D eigenvalue weighted by Gasteiger charge is 2.14. The molecule has 0 heterocycles. The molecule has 0 N–H and O–H groups in total. The first-order valence-corrected chi connectivity index (χ1v) is 5.12. The maximum atomic E-state index is 12.7. The minimum Gasteiger partial charge on any atom is -0.205 e. The van der Waals surface area contributed by atoms with Gasteiger partial charge in [0.15, 0.2) is 0 Å². The second kappa shape index (κ2) is 5.30. The number of benzene rings is 1. The first kappa shape index (κ1) is 11.4. The summed E-state index contributed by atoms with van der Waals surface area (Å²) in [7, 11) is 0. The summed E-state index contributed by atoms with van der Waals surface area (Å²) in [4.78, 5) is 0. The van der Waals surface area contributed by atoms with E-state index >= 15 is 0 Å². The number of halogens is 3. The van der Waals surface area contributed by atoms with Crippen molar-refractivity contribution in [3.63, 3.8) is 0 Å². The van der Waals surface area contributed by atoms with Crippen molar-refractivity contribution in [3.05, 3.63) is 34.9 Å². The molecule has 0 atom stereocenters. The van der Waals surface area contributed by atoms with E-state index < -0.39 is 6.43 Å². The Balaban J connectivity index is 2.96. The van der Waals surface area contributed by atoms with Crippen LogP contribution in [-0.4, -0.2) is 5.88 Å². The molecule has 0 unspecified atom stereocenters. The second-order valence-corrected chi connectivity index (χ2v) is 3.62. The molecule has 0 nitrogen and oxygen atoms in total. The summed E-state index contributed by atoms with van der Waals surface area (Å²) in [6, 6.07) is 5.28. The first-order chi connectivity index (χ1) is 6.66. The van der Waals surface area contributed by atoms with E-state index in [-0.39, 0.29) is 5.56 Å². The molecule has 0 bridgehead atoms. The third kappa shape index (κ3) is 2.68. The highest BCUT2D eigenvalue weighted by molar-refractivity contribution is 6.17. The molecule has 0 saturated carbocycles. The van der Waals surface area contributed by atoms with Crippen molar-refractivity contribution >= 4 is 11.6 Å². The number of rotatable bonds is 4. The molecule has 0 spiro atoms. The molecule has 0 fully saturated rings. The van der Waals surface area contributed by atoms with Crippen molar-refractivity contribution in [1.29, 1.82) is 0 Å².